The van der Waals surface area contributed by atoms with E-state index in [2.05, 4.69) is 43.3 Å². The van der Waals surface area contributed by atoms with Crippen LogP contribution in [0, 0.1) is 6.92 Å². The van der Waals surface area contributed by atoms with Crippen molar-refractivity contribution in [2.45, 2.75) is 82.5 Å². The Morgan fingerprint density at radius 1 is 0.358 bits per heavy atom. The molecular weight excluding hydrogens is 668 g/mol. The van der Waals surface area contributed by atoms with Gasteiger partial charge >= 0.3 is 0 Å². The fourth-order valence-electron chi connectivity index (χ4n) is 8.47. The summed E-state index contributed by atoms with van der Waals surface area (Å²) in [6.45, 7) is 2.06. The molecule has 0 atom stereocenters. The molecule has 4 aromatic rings. The Morgan fingerprint density at radius 3 is 0.925 bits per heavy atom. The summed E-state index contributed by atoms with van der Waals surface area (Å²) in [5, 5.41) is 0. The van der Waals surface area contributed by atoms with Gasteiger partial charge in [-0.2, -0.15) is 0 Å². The smallest absolute Gasteiger partial charge is 0.126 e. The maximum atomic E-state index is 6.01. The standard InChI is InChI=1S/C45H56O8/c1-27-17-31(39(47-3)23-38(27)46-2)18-32-21-36(44(52-8)25-40(32)48-4)29-13-15-30(16-14-29)37-22-34(42(50-6)26-45(37)53-9)19-33-20-35(28-11-10-12-28)43(51-7)24-41(33)49-5/h17,20-26,28-30H,10-16,18-19H2,1-9H3. The zero-order chi connectivity index (χ0) is 37.6. The van der Waals surface area contributed by atoms with Crippen molar-refractivity contribution in [2.24, 2.45) is 0 Å². The third-order valence-corrected chi connectivity index (χ3v) is 11.6. The van der Waals surface area contributed by atoms with E-state index in [0.717, 1.165) is 99.5 Å². The molecule has 6 rings (SSSR count). The molecule has 2 fully saturated rings. The molecule has 0 unspecified atom stereocenters. The van der Waals surface area contributed by atoms with Gasteiger partial charge in [0.05, 0.1) is 56.9 Å². The number of benzene rings is 4. The number of ether oxygens (including phenoxy) is 8. The Labute approximate surface area is 315 Å². The highest BCUT2D eigenvalue weighted by molar-refractivity contribution is 5.56. The first kappa shape index (κ1) is 38.0. The van der Waals surface area contributed by atoms with Gasteiger partial charge in [0.25, 0.3) is 0 Å². The van der Waals surface area contributed by atoms with Crippen molar-refractivity contribution in [3.63, 3.8) is 0 Å². The predicted octanol–water partition coefficient (Wildman–Crippen LogP) is 9.95. The van der Waals surface area contributed by atoms with Crippen molar-refractivity contribution in [1.82, 2.24) is 0 Å². The molecule has 0 radical (unpaired) electrons. The van der Waals surface area contributed by atoms with Crippen LogP contribution in [0.5, 0.6) is 46.0 Å². The fourth-order valence-corrected chi connectivity index (χ4v) is 8.47. The lowest BCUT2D eigenvalue weighted by molar-refractivity contribution is 0.350. The van der Waals surface area contributed by atoms with E-state index >= 15 is 0 Å². The van der Waals surface area contributed by atoms with E-state index in [1.54, 1.807) is 56.9 Å². The molecule has 2 aliphatic carbocycles. The van der Waals surface area contributed by atoms with Crippen molar-refractivity contribution < 1.29 is 37.9 Å². The van der Waals surface area contributed by atoms with Crippen LogP contribution in [0.3, 0.4) is 0 Å². The molecule has 2 aliphatic rings. The fraction of sp³-hybridized carbons (Fsp3) is 0.467. The Hall–Kier alpha value is -4.72. The molecule has 0 saturated heterocycles. The predicted molar refractivity (Wildman–Crippen MR) is 209 cm³/mol. The molecule has 0 aliphatic heterocycles. The van der Waals surface area contributed by atoms with Crippen molar-refractivity contribution in [3.8, 4) is 46.0 Å². The van der Waals surface area contributed by atoms with E-state index in [4.69, 9.17) is 37.9 Å². The number of rotatable bonds is 15. The number of aryl methyl sites for hydroxylation is 1. The molecule has 284 valence electrons. The first-order valence-electron chi connectivity index (χ1n) is 18.7. The average molecular weight is 725 g/mol. The minimum Gasteiger partial charge on any atom is -0.496 e. The minimum absolute atomic E-state index is 0.350. The molecule has 8 nitrogen and oxygen atoms in total. The van der Waals surface area contributed by atoms with Crippen LogP contribution in [0.4, 0.5) is 0 Å². The molecule has 4 aromatic carbocycles. The largest absolute Gasteiger partial charge is 0.496 e. The van der Waals surface area contributed by atoms with Crippen LogP contribution >= 0.6 is 0 Å². The summed E-state index contributed by atoms with van der Waals surface area (Å²) in [4.78, 5) is 0. The summed E-state index contributed by atoms with van der Waals surface area (Å²) in [6, 6.07) is 17.1. The van der Waals surface area contributed by atoms with Gasteiger partial charge in [-0.25, -0.2) is 0 Å². The van der Waals surface area contributed by atoms with Gasteiger partial charge in [0.2, 0.25) is 0 Å². The van der Waals surface area contributed by atoms with Gasteiger partial charge < -0.3 is 37.9 Å². The molecule has 2 saturated carbocycles. The van der Waals surface area contributed by atoms with Crippen LogP contribution in [0.25, 0.3) is 0 Å². The second-order valence-corrected chi connectivity index (χ2v) is 14.4. The summed E-state index contributed by atoms with van der Waals surface area (Å²) < 4.78 is 46.9. The van der Waals surface area contributed by atoms with Crippen LogP contribution in [-0.2, 0) is 12.8 Å². The normalized spacial score (nSPS) is 17.1. The SMILES string of the molecule is COc1cc(OC)c(Cc2cc(C3CCC(c4cc(Cc5cc(C6CCC6)c(OC)cc5OC)c(OC)cc4OC)CC3)c(OC)cc2OC)cc1C. The van der Waals surface area contributed by atoms with Crippen LogP contribution in [0.2, 0.25) is 0 Å². The van der Waals surface area contributed by atoms with E-state index in [1.165, 1.54) is 36.0 Å². The molecule has 0 spiro atoms. The van der Waals surface area contributed by atoms with Gasteiger partial charge in [0, 0.05) is 37.1 Å². The van der Waals surface area contributed by atoms with Gasteiger partial charge in [-0.15, -0.1) is 0 Å². The quantitative estimate of drug-likeness (QED) is 0.120. The lowest BCUT2D eigenvalue weighted by atomic mass is 9.75. The Bertz CT molecular complexity index is 1890. The van der Waals surface area contributed by atoms with E-state index in [-0.39, 0.29) is 0 Å². The molecule has 0 N–H and O–H groups in total. The van der Waals surface area contributed by atoms with Crippen molar-refractivity contribution in [3.05, 3.63) is 93.0 Å². The van der Waals surface area contributed by atoms with Gasteiger partial charge in [-0.05, 0) is 132 Å². The zero-order valence-electron chi connectivity index (χ0n) is 33.0. The van der Waals surface area contributed by atoms with Crippen molar-refractivity contribution in [2.75, 3.05) is 56.9 Å². The highest BCUT2D eigenvalue weighted by Gasteiger charge is 2.30. The lowest BCUT2D eigenvalue weighted by Crippen LogP contribution is -2.15. The van der Waals surface area contributed by atoms with Crippen LogP contribution in [-0.4, -0.2) is 56.9 Å². The number of methoxy groups -OCH3 is 8. The molecule has 8 heteroatoms. The molecule has 53 heavy (non-hydrogen) atoms. The summed E-state index contributed by atoms with van der Waals surface area (Å²) in [5.41, 5.74) is 9.24. The topological polar surface area (TPSA) is 73.8 Å². The van der Waals surface area contributed by atoms with Gasteiger partial charge in [-0.3, -0.25) is 0 Å². The maximum Gasteiger partial charge on any atom is 0.126 e. The van der Waals surface area contributed by atoms with Crippen molar-refractivity contribution >= 4 is 0 Å². The van der Waals surface area contributed by atoms with Crippen LogP contribution in [0.1, 0.15) is 107 Å². The highest BCUT2D eigenvalue weighted by atomic mass is 16.5. The Kier molecular flexibility index (Phi) is 12.2. The summed E-state index contributed by atoms with van der Waals surface area (Å²) >= 11 is 0. The highest BCUT2D eigenvalue weighted by Crippen LogP contribution is 2.49. The van der Waals surface area contributed by atoms with Crippen molar-refractivity contribution in [1.29, 1.82) is 0 Å². The zero-order valence-corrected chi connectivity index (χ0v) is 33.0. The van der Waals surface area contributed by atoms with E-state index < -0.39 is 0 Å². The minimum atomic E-state index is 0.350. The number of hydrogen-bond acceptors (Lipinski definition) is 8. The lowest BCUT2D eigenvalue weighted by Gasteiger charge is -2.32. The van der Waals surface area contributed by atoms with Gasteiger partial charge in [0.15, 0.2) is 0 Å². The molecule has 0 aromatic heterocycles. The molecule has 0 heterocycles. The van der Waals surface area contributed by atoms with Crippen LogP contribution in [0.15, 0.2) is 48.5 Å². The van der Waals surface area contributed by atoms with Crippen LogP contribution < -0.4 is 37.9 Å². The van der Waals surface area contributed by atoms with E-state index in [1.807, 2.05) is 12.1 Å². The third kappa shape index (κ3) is 7.83. The average Bonchev–Trinajstić information content (AvgIpc) is 3.17. The third-order valence-electron chi connectivity index (χ3n) is 11.6. The maximum absolute atomic E-state index is 6.01. The second kappa shape index (κ2) is 17.0. The van der Waals surface area contributed by atoms with E-state index in [0.29, 0.717) is 30.6 Å². The summed E-state index contributed by atoms with van der Waals surface area (Å²) in [7, 11) is 13.8. The van der Waals surface area contributed by atoms with E-state index in [9.17, 15) is 0 Å². The molecule has 0 amide bonds. The second-order valence-electron chi connectivity index (χ2n) is 14.4. The van der Waals surface area contributed by atoms with Gasteiger partial charge in [0.1, 0.15) is 46.0 Å². The molecular formula is C45H56O8. The summed E-state index contributed by atoms with van der Waals surface area (Å²) in [6.07, 6.45) is 9.12. The Balaban J connectivity index is 1.27. The first-order valence-corrected chi connectivity index (χ1v) is 18.7. The Morgan fingerprint density at radius 2 is 0.642 bits per heavy atom. The molecule has 0 bridgehead atoms. The monoisotopic (exact) mass is 724 g/mol. The first-order chi connectivity index (χ1) is 25.8. The number of hydrogen-bond donors (Lipinski definition) is 0. The van der Waals surface area contributed by atoms with Gasteiger partial charge in [-0.1, -0.05) is 6.42 Å². The summed E-state index contributed by atoms with van der Waals surface area (Å²) in [5.74, 6) is 7.95.